The van der Waals surface area contributed by atoms with Gasteiger partial charge in [-0.3, -0.25) is 9.69 Å². The first-order valence-corrected chi connectivity index (χ1v) is 13.2. The summed E-state index contributed by atoms with van der Waals surface area (Å²) in [6, 6.07) is 13.1. The largest absolute Gasteiger partial charge is 0.340 e. The number of hydrogen-bond acceptors (Lipinski definition) is 3. The molecule has 0 atom stereocenters. The van der Waals surface area contributed by atoms with E-state index >= 15 is 0 Å². The van der Waals surface area contributed by atoms with Crippen LogP contribution in [0.1, 0.15) is 62.3 Å². The summed E-state index contributed by atoms with van der Waals surface area (Å²) in [6.07, 6.45) is 10.4. The van der Waals surface area contributed by atoms with Crippen LogP contribution in [0.2, 0.25) is 0 Å². The van der Waals surface area contributed by atoms with Crippen molar-refractivity contribution in [2.45, 2.75) is 65.3 Å². The lowest BCUT2D eigenvalue weighted by molar-refractivity contribution is -0.138. The Balaban J connectivity index is 1.37. The van der Waals surface area contributed by atoms with E-state index in [0.717, 1.165) is 69.7 Å². The van der Waals surface area contributed by atoms with Gasteiger partial charge in [0.15, 0.2) is 0 Å². The van der Waals surface area contributed by atoms with Crippen molar-refractivity contribution >= 4 is 11.6 Å². The van der Waals surface area contributed by atoms with Crippen LogP contribution in [0.3, 0.4) is 0 Å². The van der Waals surface area contributed by atoms with Crippen LogP contribution in [0.4, 0.5) is 0 Å². The highest BCUT2D eigenvalue weighted by molar-refractivity contribution is 5.79. The van der Waals surface area contributed by atoms with Gasteiger partial charge in [-0.2, -0.15) is 0 Å². The average molecular weight is 459 g/mol. The number of carbonyl (C=O) groups is 1. The standard InChI is InChI=1S/C29H38N4O/c1-3-7-23-12-15-27-30-28(24-13-10-22(2)11-14-24)26(33(27)20-23)21-31-16-18-32(19-17-31)29(34)25-8-5-4-6-9-25/h10-15,20,25H,3-9,16-19,21H2,1-2H3. The van der Waals surface area contributed by atoms with Crippen LogP contribution in [-0.4, -0.2) is 51.3 Å². The summed E-state index contributed by atoms with van der Waals surface area (Å²) in [5, 5.41) is 0. The number of rotatable bonds is 6. The topological polar surface area (TPSA) is 40.9 Å². The third-order valence-electron chi connectivity index (χ3n) is 7.65. The molecule has 1 aliphatic heterocycles. The number of nitrogens with zero attached hydrogens (tertiary/aromatic N) is 4. The molecule has 1 aliphatic carbocycles. The zero-order chi connectivity index (χ0) is 23.5. The first-order chi connectivity index (χ1) is 16.6. The maximum absolute atomic E-state index is 13.0. The van der Waals surface area contributed by atoms with Gasteiger partial charge in [0.05, 0.1) is 11.4 Å². The minimum absolute atomic E-state index is 0.268. The van der Waals surface area contributed by atoms with Crippen LogP contribution >= 0.6 is 0 Å². The molecule has 1 saturated carbocycles. The Morgan fingerprint density at radius 2 is 1.71 bits per heavy atom. The van der Waals surface area contributed by atoms with E-state index in [4.69, 9.17) is 4.98 Å². The molecule has 1 amide bonds. The van der Waals surface area contributed by atoms with Crippen molar-refractivity contribution in [2.24, 2.45) is 5.92 Å². The molecule has 0 unspecified atom stereocenters. The monoisotopic (exact) mass is 458 g/mol. The van der Waals surface area contributed by atoms with Crippen LogP contribution in [-0.2, 0) is 17.8 Å². The summed E-state index contributed by atoms with van der Waals surface area (Å²) in [5.74, 6) is 0.669. The normalized spacial score (nSPS) is 18.0. The highest BCUT2D eigenvalue weighted by Crippen LogP contribution is 2.28. The number of hydrogen-bond donors (Lipinski definition) is 0. The van der Waals surface area contributed by atoms with Crippen molar-refractivity contribution in [3.05, 3.63) is 59.4 Å². The van der Waals surface area contributed by atoms with E-state index < -0.39 is 0 Å². The van der Waals surface area contributed by atoms with Gasteiger partial charge in [-0.15, -0.1) is 0 Å². The second-order valence-electron chi connectivity index (χ2n) is 10.2. The van der Waals surface area contributed by atoms with Gasteiger partial charge >= 0.3 is 0 Å². The van der Waals surface area contributed by atoms with Crippen LogP contribution in [0.5, 0.6) is 0 Å². The highest BCUT2D eigenvalue weighted by Gasteiger charge is 2.29. The number of aryl methyl sites for hydroxylation is 2. The molecule has 5 heteroatoms. The second kappa shape index (κ2) is 10.3. The fourth-order valence-electron chi connectivity index (χ4n) is 5.61. The molecule has 5 nitrogen and oxygen atoms in total. The SMILES string of the molecule is CCCc1ccc2nc(-c3ccc(C)cc3)c(CN3CCN(C(=O)C4CCCCC4)CC3)n2c1. The predicted molar refractivity (Wildman–Crippen MR) is 138 cm³/mol. The van der Waals surface area contributed by atoms with E-state index in [1.165, 1.54) is 41.6 Å². The maximum Gasteiger partial charge on any atom is 0.225 e. The van der Waals surface area contributed by atoms with Gasteiger partial charge in [-0.1, -0.05) is 68.5 Å². The van der Waals surface area contributed by atoms with Crippen molar-refractivity contribution in [1.82, 2.24) is 19.2 Å². The van der Waals surface area contributed by atoms with Gasteiger partial charge in [0.25, 0.3) is 0 Å². The Morgan fingerprint density at radius 3 is 2.41 bits per heavy atom. The van der Waals surface area contributed by atoms with Gasteiger partial charge < -0.3 is 9.30 Å². The summed E-state index contributed by atoms with van der Waals surface area (Å²) in [5.41, 5.74) is 7.13. The molecule has 1 saturated heterocycles. The van der Waals surface area contributed by atoms with Crippen molar-refractivity contribution in [1.29, 1.82) is 0 Å². The van der Waals surface area contributed by atoms with Crippen LogP contribution in [0.25, 0.3) is 16.9 Å². The van der Waals surface area contributed by atoms with Gasteiger partial charge in [0, 0.05) is 50.4 Å². The lowest BCUT2D eigenvalue weighted by atomic mass is 9.88. The summed E-state index contributed by atoms with van der Waals surface area (Å²) < 4.78 is 2.31. The summed E-state index contributed by atoms with van der Waals surface area (Å²) in [6.45, 7) is 8.73. The Morgan fingerprint density at radius 1 is 0.971 bits per heavy atom. The molecule has 3 aromatic rings. The third-order valence-corrected chi connectivity index (χ3v) is 7.65. The molecule has 3 heterocycles. The van der Waals surface area contributed by atoms with E-state index in [2.05, 4.69) is 70.6 Å². The van der Waals surface area contributed by atoms with Gasteiger partial charge in [0.1, 0.15) is 5.65 Å². The van der Waals surface area contributed by atoms with Gasteiger partial charge in [-0.05, 0) is 37.8 Å². The molecular formula is C29H38N4O. The fourth-order valence-corrected chi connectivity index (χ4v) is 5.61. The Bertz CT molecular complexity index is 1120. The number of amides is 1. The van der Waals surface area contributed by atoms with Gasteiger partial charge in [0.2, 0.25) is 5.91 Å². The van der Waals surface area contributed by atoms with Crippen molar-refractivity contribution in [3.63, 3.8) is 0 Å². The number of fused-ring (bicyclic) bond motifs is 1. The number of aromatic nitrogens is 2. The molecule has 2 aliphatic rings. The highest BCUT2D eigenvalue weighted by atomic mass is 16.2. The number of pyridine rings is 1. The van der Waals surface area contributed by atoms with Crippen molar-refractivity contribution in [3.8, 4) is 11.3 Å². The average Bonchev–Trinajstić information content (AvgIpc) is 3.23. The molecule has 5 rings (SSSR count). The fraction of sp³-hybridized carbons (Fsp3) is 0.517. The quantitative estimate of drug-likeness (QED) is 0.491. The van der Waals surface area contributed by atoms with Crippen LogP contribution < -0.4 is 0 Å². The Labute approximate surface area is 203 Å². The molecule has 2 aromatic heterocycles. The van der Waals surface area contributed by atoms with Crippen LogP contribution in [0.15, 0.2) is 42.6 Å². The predicted octanol–water partition coefficient (Wildman–Crippen LogP) is 5.49. The summed E-state index contributed by atoms with van der Waals surface area (Å²) in [7, 11) is 0. The molecule has 1 aromatic carbocycles. The Hall–Kier alpha value is -2.66. The van der Waals surface area contributed by atoms with Gasteiger partial charge in [-0.25, -0.2) is 4.98 Å². The minimum atomic E-state index is 0.268. The van der Waals surface area contributed by atoms with Crippen LogP contribution in [0, 0.1) is 12.8 Å². The van der Waals surface area contributed by atoms with E-state index in [1.54, 1.807) is 0 Å². The first kappa shape index (κ1) is 23.1. The van der Waals surface area contributed by atoms with E-state index in [9.17, 15) is 4.79 Å². The third kappa shape index (κ3) is 4.90. The van der Waals surface area contributed by atoms with Crippen molar-refractivity contribution < 1.29 is 4.79 Å². The molecular weight excluding hydrogens is 420 g/mol. The lowest BCUT2D eigenvalue weighted by Crippen LogP contribution is -2.50. The van der Waals surface area contributed by atoms with E-state index in [0.29, 0.717) is 5.91 Å². The van der Waals surface area contributed by atoms with E-state index in [1.807, 2.05) is 0 Å². The maximum atomic E-state index is 13.0. The molecule has 0 N–H and O–H groups in total. The second-order valence-corrected chi connectivity index (χ2v) is 10.2. The van der Waals surface area contributed by atoms with E-state index in [-0.39, 0.29) is 5.92 Å². The molecule has 2 fully saturated rings. The zero-order valence-corrected chi connectivity index (χ0v) is 20.8. The molecule has 180 valence electrons. The minimum Gasteiger partial charge on any atom is -0.340 e. The first-order valence-electron chi connectivity index (χ1n) is 13.2. The molecule has 0 bridgehead atoms. The molecule has 0 radical (unpaired) electrons. The zero-order valence-electron chi connectivity index (χ0n) is 20.8. The lowest BCUT2D eigenvalue weighted by Gasteiger charge is -2.37. The Kier molecular flexibility index (Phi) is 7.00. The number of carbonyl (C=O) groups excluding carboxylic acids is 1. The number of piperazine rings is 1. The number of imidazole rings is 1. The molecule has 0 spiro atoms. The number of benzene rings is 1. The summed E-state index contributed by atoms with van der Waals surface area (Å²) >= 11 is 0. The van der Waals surface area contributed by atoms with Crippen molar-refractivity contribution in [2.75, 3.05) is 26.2 Å². The molecule has 34 heavy (non-hydrogen) atoms. The summed E-state index contributed by atoms with van der Waals surface area (Å²) in [4.78, 5) is 22.7. The smallest absolute Gasteiger partial charge is 0.225 e.